The van der Waals surface area contributed by atoms with Gasteiger partial charge in [0.05, 0.1) is 12.0 Å². The molecule has 2 N–H and O–H groups in total. The van der Waals surface area contributed by atoms with Gasteiger partial charge in [-0.2, -0.15) is 4.31 Å². The second kappa shape index (κ2) is 5.16. The van der Waals surface area contributed by atoms with Crippen LogP contribution >= 0.6 is 0 Å². The van der Waals surface area contributed by atoms with E-state index in [4.69, 9.17) is 5.21 Å². The zero-order valence-corrected chi connectivity index (χ0v) is 11.4. The van der Waals surface area contributed by atoms with E-state index in [1.54, 1.807) is 12.2 Å². The van der Waals surface area contributed by atoms with Gasteiger partial charge in [-0.3, -0.25) is 10.7 Å². The van der Waals surface area contributed by atoms with Crippen molar-refractivity contribution in [2.45, 2.75) is 13.1 Å². The summed E-state index contributed by atoms with van der Waals surface area (Å²) in [5.74, 6) is 0. The fourth-order valence-electron chi connectivity index (χ4n) is 1.96. The first kappa shape index (κ1) is 13.8. The highest BCUT2D eigenvalue weighted by atomic mass is 32.2. The molecule has 1 aliphatic rings. The van der Waals surface area contributed by atoms with Crippen molar-refractivity contribution in [3.05, 3.63) is 53.2 Å². The van der Waals surface area contributed by atoms with E-state index in [1.807, 2.05) is 23.7 Å². The number of hydrogen-bond donors (Lipinski definition) is 2. The maximum absolute atomic E-state index is 11.5. The molecule has 0 fully saturated rings. The standard InChI is InChI=1S/C13H16N2O3S/c1-10(14-16)3-4-11-5-6-12-8-15(19(2,17)18)9-13(12)7-11/h3-7,14,16H,1,8-9H2,2H3/b4-3+. The molecule has 2 rings (SSSR count). The average Bonchev–Trinajstić information content (AvgIpc) is 2.78. The molecule has 0 radical (unpaired) electrons. The molecule has 19 heavy (non-hydrogen) atoms. The van der Waals surface area contributed by atoms with Crippen molar-refractivity contribution < 1.29 is 13.6 Å². The number of benzene rings is 1. The molecule has 102 valence electrons. The van der Waals surface area contributed by atoms with E-state index in [-0.39, 0.29) is 0 Å². The molecular formula is C13H16N2O3S. The van der Waals surface area contributed by atoms with E-state index in [0.29, 0.717) is 18.8 Å². The molecule has 0 saturated carbocycles. The number of hydrogen-bond acceptors (Lipinski definition) is 4. The summed E-state index contributed by atoms with van der Waals surface area (Å²) in [5, 5.41) is 8.62. The lowest BCUT2D eigenvalue weighted by Crippen LogP contribution is -2.23. The molecule has 0 aliphatic carbocycles. The van der Waals surface area contributed by atoms with Crippen molar-refractivity contribution in [1.82, 2.24) is 9.79 Å². The third kappa shape index (κ3) is 3.23. The van der Waals surface area contributed by atoms with E-state index in [1.165, 1.54) is 10.6 Å². The van der Waals surface area contributed by atoms with Crippen LogP contribution in [0.25, 0.3) is 6.08 Å². The lowest BCUT2D eigenvalue weighted by Gasteiger charge is -2.10. The Morgan fingerprint density at radius 1 is 1.42 bits per heavy atom. The van der Waals surface area contributed by atoms with Crippen LogP contribution in [-0.4, -0.2) is 24.2 Å². The SMILES string of the molecule is C=C(/C=C/c1ccc2c(c1)CN(S(C)(=O)=O)C2)NO. The highest BCUT2D eigenvalue weighted by Gasteiger charge is 2.25. The molecule has 0 aromatic heterocycles. The van der Waals surface area contributed by atoms with Crippen molar-refractivity contribution in [2.24, 2.45) is 0 Å². The first-order valence-corrected chi connectivity index (χ1v) is 7.59. The molecule has 6 heteroatoms. The molecule has 1 aromatic rings. The molecule has 0 spiro atoms. The van der Waals surface area contributed by atoms with Crippen LogP contribution in [0.15, 0.2) is 36.6 Å². The van der Waals surface area contributed by atoms with Gasteiger partial charge in [0.2, 0.25) is 10.0 Å². The third-order valence-corrected chi connectivity index (χ3v) is 4.21. The topological polar surface area (TPSA) is 69.6 Å². The number of nitrogens with one attached hydrogen (secondary N) is 1. The summed E-state index contributed by atoms with van der Waals surface area (Å²) in [7, 11) is -3.15. The molecule has 1 aliphatic heterocycles. The number of allylic oxidation sites excluding steroid dienone is 1. The summed E-state index contributed by atoms with van der Waals surface area (Å²) in [5.41, 5.74) is 5.31. The van der Waals surface area contributed by atoms with Crippen LogP contribution in [0.2, 0.25) is 0 Å². The molecule has 1 aromatic carbocycles. The Morgan fingerprint density at radius 3 is 2.74 bits per heavy atom. The summed E-state index contributed by atoms with van der Waals surface area (Å²) < 4.78 is 24.5. The summed E-state index contributed by atoms with van der Waals surface area (Å²) in [6.07, 6.45) is 4.66. The predicted octanol–water partition coefficient (Wildman–Crippen LogP) is 1.47. The average molecular weight is 280 g/mol. The van der Waals surface area contributed by atoms with Crippen LogP contribution in [0.4, 0.5) is 0 Å². The second-order valence-corrected chi connectivity index (χ2v) is 6.51. The second-order valence-electron chi connectivity index (χ2n) is 4.53. The molecule has 0 atom stereocenters. The van der Waals surface area contributed by atoms with Crippen molar-refractivity contribution in [2.75, 3.05) is 6.26 Å². The quantitative estimate of drug-likeness (QED) is 0.647. The van der Waals surface area contributed by atoms with Gasteiger partial charge in [0.1, 0.15) is 0 Å². The molecule has 5 nitrogen and oxygen atoms in total. The van der Waals surface area contributed by atoms with E-state index < -0.39 is 10.0 Å². The predicted molar refractivity (Wildman–Crippen MR) is 73.6 cm³/mol. The maximum Gasteiger partial charge on any atom is 0.211 e. The Balaban J connectivity index is 2.20. The zero-order valence-electron chi connectivity index (χ0n) is 10.6. The van der Waals surface area contributed by atoms with Crippen LogP contribution < -0.4 is 5.48 Å². The molecule has 0 unspecified atom stereocenters. The van der Waals surface area contributed by atoms with Gasteiger partial charge in [0.25, 0.3) is 0 Å². The minimum absolute atomic E-state index is 0.387. The van der Waals surface area contributed by atoms with Crippen molar-refractivity contribution in [1.29, 1.82) is 0 Å². The number of nitrogens with zero attached hydrogens (tertiary/aromatic N) is 1. The van der Waals surface area contributed by atoms with Crippen molar-refractivity contribution in [3.8, 4) is 0 Å². The van der Waals surface area contributed by atoms with Crippen LogP contribution in [0.5, 0.6) is 0 Å². The van der Waals surface area contributed by atoms with E-state index >= 15 is 0 Å². The zero-order chi connectivity index (χ0) is 14.0. The van der Waals surface area contributed by atoms with Gasteiger partial charge in [-0.15, -0.1) is 0 Å². The summed E-state index contributed by atoms with van der Waals surface area (Å²) in [6.45, 7) is 4.41. The minimum Gasteiger partial charge on any atom is -0.291 e. The summed E-state index contributed by atoms with van der Waals surface area (Å²) in [6, 6.07) is 5.78. The first-order valence-electron chi connectivity index (χ1n) is 5.74. The number of sulfonamides is 1. The van der Waals surface area contributed by atoms with Gasteiger partial charge in [0, 0.05) is 13.1 Å². The lowest BCUT2D eigenvalue weighted by molar-refractivity contribution is 0.205. The summed E-state index contributed by atoms with van der Waals surface area (Å²) in [4.78, 5) is 0. The van der Waals surface area contributed by atoms with Crippen LogP contribution in [0.3, 0.4) is 0 Å². The van der Waals surface area contributed by atoms with Crippen molar-refractivity contribution >= 4 is 16.1 Å². The Kier molecular flexibility index (Phi) is 3.75. The monoisotopic (exact) mass is 280 g/mol. The highest BCUT2D eigenvalue weighted by Crippen LogP contribution is 2.26. The number of fused-ring (bicyclic) bond motifs is 1. The van der Waals surface area contributed by atoms with Gasteiger partial charge in [-0.1, -0.05) is 30.9 Å². The Morgan fingerprint density at radius 2 is 2.11 bits per heavy atom. The smallest absolute Gasteiger partial charge is 0.211 e. The normalized spacial score (nSPS) is 15.7. The van der Waals surface area contributed by atoms with Crippen LogP contribution in [0.1, 0.15) is 16.7 Å². The molecular weight excluding hydrogens is 264 g/mol. The maximum atomic E-state index is 11.5. The van der Waals surface area contributed by atoms with Gasteiger partial charge in [-0.25, -0.2) is 8.42 Å². The Labute approximate surface area is 112 Å². The van der Waals surface area contributed by atoms with Crippen LogP contribution in [-0.2, 0) is 23.1 Å². The molecule has 0 saturated heterocycles. The van der Waals surface area contributed by atoms with E-state index in [9.17, 15) is 8.42 Å². The van der Waals surface area contributed by atoms with Crippen LogP contribution in [0, 0.1) is 0 Å². The fourth-order valence-corrected chi connectivity index (χ4v) is 2.70. The highest BCUT2D eigenvalue weighted by molar-refractivity contribution is 7.88. The van der Waals surface area contributed by atoms with Gasteiger partial charge >= 0.3 is 0 Å². The van der Waals surface area contributed by atoms with Gasteiger partial charge in [0.15, 0.2) is 0 Å². The number of hydroxylamine groups is 1. The van der Waals surface area contributed by atoms with Gasteiger partial charge < -0.3 is 0 Å². The minimum atomic E-state index is -3.15. The first-order chi connectivity index (χ1) is 8.90. The Bertz CT molecular complexity index is 635. The molecule has 0 amide bonds. The largest absolute Gasteiger partial charge is 0.291 e. The van der Waals surface area contributed by atoms with E-state index in [0.717, 1.165) is 16.7 Å². The molecule has 1 heterocycles. The van der Waals surface area contributed by atoms with Crippen molar-refractivity contribution in [3.63, 3.8) is 0 Å². The van der Waals surface area contributed by atoms with Gasteiger partial charge in [-0.05, 0) is 22.8 Å². The Hall–Kier alpha value is -1.63. The molecule has 0 bridgehead atoms. The fraction of sp³-hybridized carbons (Fsp3) is 0.231. The summed E-state index contributed by atoms with van der Waals surface area (Å²) >= 11 is 0. The third-order valence-electron chi connectivity index (χ3n) is 3.01. The lowest BCUT2D eigenvalue weighted by atomic mass is 10.1. The van der Waals surface area contributed by atoms with E-state index in [2.05, 4.69) is 6.58 Å². The number of rotatable bonds is 4.